The molecular formula is C60H38N8. The maximum Gasteiger partial charge on any atom is 0.238 e. The van der Waals surface area contributed by atoms with Crippen LogP contribution in [0.5, 0.6) is 0 Å². The summed E-state index contributed by atoms with van der Waals surface area (Å²) in [7, 11) is 0. The lowest BCUT2D eigenvalue weighted by atomic mass is 9.96. The first-order valence-electron chi connectivity index (χ1n) is 22.6. The van der Waals surface area contributed by atoms with E-state index in [4.69, 9.17) is 29.9 Å². The number of hydrogen-bond donors (Lipinski definition) is 0. The van der Waals surface area contributed by atoms with Gasteiger partial charge in [-0.1, -0.05) is 194 Å². The molecule has 4 heterocycles. The molecule has 0 N–H and O–H groups in total. The molecule has 13 aromatic rings. The molecule has 8 nitrogen and oxygen atoms in total. The van der Waals surface area contributed by atoms with Gasteiger partial charge < -0.3 is 4.57 Å². The van der Waals surface area contributed by atoms with E-state index in [0.29, 0.717) is 35.1 Å². The van der Waals surface area contributed by atoms with Crippen molar-refractivity contribution < 1.29 is 0 Å². The van der Waals surface area contributed by atoms with Gasteiger partial charge in [-0.2, -0.15) is 9.97 Å². The highest BCUT2D eigenvalue weighted by Crippen LogP contribution is 2.46. The molecule has 0 atom stereocenters. The van der Waals surface area contributed by atoms with Gasteiger partial charge in [0.1, 0.15) is 0 Å². The fourth-order valence-corrected chi connectivity index (χ4v) is 9.54. The molecule has 4 aromatic heterocycles. The number of para-hydroxylation sites is 3. The van der Waals surface area contributed by atoms with Crippen molar-refractivity contribution in [2.45, 2.75) is 0 Å². The Kier molecular flexibility index (Phi) is 9.31. The van der Waals surface area contributed by atoms with E-state index in [9.17, 15) is 0 Å². The molecular weight excluding hydrogens is 833 g/mol. The highest BCUT2D eigenvalue weighted by Gasteiger charge is 2.26. The normalized spacial score (nSPS) is 11.5. The summed E-state index contributed by atoms with van der Waals surface area (Å²) >= 11 is 0. The van der Waals surface area contributed by atoms with Crippen molar-refractivity contribution in [3.8, 4) is 79.7 Å². The minimum Gasteiger partial charge on any atom is -0.307 e. The summed E-state index contributed by atoms with van der Waals surface area (Å²) < 4.78 is 4.65. The second-order valence-electron chi connectivity index (χ2n) is 16.7. The Bertz CT molecular complexity index is 3940. The molecule has 13 rings (SSSR count). The smallest absolute Gasteiger partial charge is 0.238 e. The number of aromatic nitrogens is 8. The van der Waals surface area contributed by atoms with Crippen molar-refractivity contribution in [2.75, 3.05) is 0 Å². The van der Waals surface area contributed by atoms with E-state index in [2.05, 4.69) is 130 Å². The summed E-state index contributed by atoms with van der Waals surface area (Å²) in [6.45, 7) is 0. The SMILES string of the molecule is c1ccc(-c2nc(-c3ccccc3)nc(-c3cccc(-c4nc(-c5ccccc5)nc(-n5c6ccccc6c6cc(-c7ccccc7)c7c8ccccc8n(-c8ccccc8)c7c65)n4)c3)n2)cc1. The van der Waals surface area contributed by atoms with Crippen molar-refractivity contribution in [3.05, 3.63) is 231 Å². The average molecular weight is 871 g/mol. The van der Waals surface area contributed by atoms with E-state index in [1.807, 2.05) is 109 Å². The van der Waals surface area contributed by atoms with Crippen LogP contribution in [0.15, 0.2) is 231 Å². The predicted molar refractivity (Wildman–Crippen MR) is 275 cm³/mol. The minimum absolute atomic E-state index is 0.502. The van der Waals surface area contributed by atoms with Gasteiger partial charge in [0.05, 0.1) is 22.1 Å². The van der Waals surface area contributed by atoms with E-state index in [1.165, 1.54) is 0 Å². The van der Waals surface area contributed by atoms with E-state index < -0.39 is 0 Å². The second-order valence-corrected chi connectivity index (χ2v) is 16.7. The Morgan fingerprint density at radius 3 is 1.21 bits per heavy atom. The summed E-state index contributed by atoms with van der Waals surface area (Å²) in [5, 5.41) is 4.50. The first kappa shape index (κ1) is 39.0. The summed E-state index contributed by atoms with van der Waals surface area (Å²) in [6, 6.07) is 79.3. The van der Waals surface area contributed by atoms with Gasteiger partial charge in [0.2, 0.25) is 5.95 Å². The molecule has 0 unspecified atom stereocenters. The molecule has 0 bridgehead atoms. The fraction of sp³-hybridized carbons (Fsp3) is 0. The van der Waals surface area contributed by atoms with Gasteiger partial charge >= 0.3 is 0 Å². The van der Waals surface area contributed by atoms with Crippen molar-refractivity contribution in [2.24, 2.45) is 0 Å². The zero-order valence-corrected chi connectivity index (χ0v) is 36.5. The Labute approximate surface area is 391 Å². The molecule has 318 valence electrons. The molecule has 0 fully saturated rings. The topological polar surface area (TPSA) is 87.2 Å². The number of hydrogen-bond acceptors (Lipinski definition) is 6. The quantitative estimate of drug-likeness (QED) is 0.151. The maximum absolute atomic E-state index is 5.46. The lowest BCUT2D eigenvalue weighted by Gasteiger charge is -2.14. The standard InChI is InChI=1S/C60H38N8/c1-6-21-39(22-7-1)48-38-49-46-33-16-18-35-50(46)68(53(49)54-52(48)47-34-17-19-36-51(47)67(54)45-31-14-5-15-32-45)60-65-57(42-27-12-4-13-28-42)64-59(66-60)44-30-20-29-43(37-44)58-62-55(40-23-8-2-9-24-40)61-56(63-58)41-25-10-3-11-26-41/h1-38H. The van der Waals surface area contributed by atoms with Crippen LogP contribution in [0.1, 0.15) is 0 Å². The van der Waals surface area contributed by atoms with Crippen molar-refractivity contribution in [1.82, 2.24) is 39.0 Å². The van der Waals surface area contributed by atoms with Gasteiger partial charge in [-0.05, 0) is 47.5 Å². The first-order chi connectivity index (χ1) is 33.7. The third kappa shape index (κ3) is 6.62. The van der Waals surface area contributed by atoms with Crippen molar-refractivity contribution in [1.29, 1.82) is 0 Å². The summed E-state index contributed by atoms with van der Waals surface area (Å²) in [6.07, 6.45) is 0. The van der Waals surface area contributed by atoms with E-state index in [1.54, 1.807) is 0 Å². The van der Waals surface area contributed by atoms with Gasteiger partial charge in [-0.15, -0.1) is 0 Å². The van der Waals surface area contributed by atoms with Crippen LogP contribution in [0.4, 0.5) is 0 Å². The molecule has 0 saturated heterocycles. The third-order valence-corrected chi connectivity index (χ3v) is 12.6. The largest absolute Gasteiger partial charge is 0.307 e. The van der Waals surface area contributed by atoms with Crippen molar-refractivity contribution >= 4 is 43.6 Å². The lowest BCUT2D eigenvalue weighted by molar-refractivity contribution is 0.953. The molecule has 9 aromatic carbocycles. The third-order valence-electron chi connectivity index (χ3n) is 12.6. The minimum atomic E-state index is 0.502. The molecule has 0 spiro atoms. The van der Waals surface area contributed by atoms with E-state index in [0.717, 1.165) is 88.2 Å². The van der Waals surface area contributed by atoms with Crippen LogP contribution < -0.4 is 0 Å². The van der Waals surface area contributed by atoms with Gasteiger partial charge in [-0.3, -0.25) is 4.57 Å². The highest BCUT2D eigenvalue weighted by molar-refractivity contribution is 6.28. The van der Waals surface area contributed by atoms with Gasteiger partial charge in [0, 0.05) is 55.0 Å². The molecule has 8 heteroatoms. The summed E-state index contributed by atoms with van der Waals surface area (Å²) in [5.41, 5.74) is 11.8. The molecule has 0 aliphatic rings. The highest BCUT2D eigenvalue weighted by atomic mass is 15.2. The summed E-state index contributed by atoms with van der Waals surface area (Å²) in [4.78, 5) is 31.1. The number of benzene rings is 9. The Hall–Kier alpha value is -9.40. The lowest BCUT2D eigenvalue weighted by Crippen LogP contribution is -2.07. The molecule has 0 radical (unpaired) electrons. The molecule has 0 aliphatic heterocycles. The second kappa shape index (κ2) is 16.2. The van der Waals surface area contributed by atoms with Crippen LogP contribution in [-0.2, 0) is 0 Å². The predicted octanol–water partition coefficient (Wildman–Crippen LogP) is 14.3. The van der Waals surface area contributed by atoms with Crippen LogP contribution in [0.25, 0.3) is 123 Å². The number of fused-ring (bicyclic) bond motifs is 7. The van der Waals surface area contributed by atoms with Gasteiger partial charge in [0.15, 0.2) is 29.1 Å². The Balaban J connectivity index is 1.10. The van der Waals surface area contributed by atoms with Crippen LogP contribution >= 0.6 is 0 Å². The average Bonchev–Trinajstić information content (AvgIpc) is 3.95. The first-order valence-corrected chi connectivity index (χ1v) is 22.6. The van der Waals surface area contributed by atoms with Crippen LogP contribution in [0.3, 0.4) is 0 Å². The maximum atomic E-state index is 5.46. The monoisotopic (exact) mass is 870 g/mol. The zero-order valence-electron chi connectivity index (χ0n) is 36.5. The molecule has 0 amide bonds. The number of nitrogens with zero attached hydrogens (tertiary/aromatic N) is 8. The fourth-order valence-electron chi connectivity index (χ4n) is 9.54. The van der Waals surface area contributed by atoms with Gasteiger partial charge in [0.25, 0.3) is 0 Å². The van der Waals surface area contributed by atoms with Crippen LogP contribution in [0, 0.1) is 0 Å². The van der Waals surface area contributed by atoms with Crippen molar-refractivity contribution in [3.63, 3.8) is 0 Å². The Morgan fingerprint density at radius 2 is 0.662 bits per heavy atom. The van der Waals surface area contributed by atoms with E-state index >= 15 is 0 Å². The number of rotatable bonds is 8. The van der Waals surface area contributed by atoms with Gasteiger partial charge in [-0.25, -0.2) is 19.9 Å². The molecule has 0 saturated carbocycles. The molecule has 0 aliphatic carbocycles. The zero-order chi connectivity index (χ0) is 45.0. The van der Waals surface area contributed by atoms with Crippen LogP contribution in [0.2, 0.25) is 0 Å². The summed E-state index contributed by atoms with van der Waals surface area (Å²) in [5.74, 6) is 3.31. The van der Waals surface area contributed by atoms with E-state index in [-0.39, 0.29) is 0 Å². The van der Waals surface area contributed by atoms with Crippen LogP contribution in [-0.4, -0.2) is 39.0 Å². The Morgan fingerprint density at radius 1 is 0.265 bits per heavy atom. The molecule has 68 heavy (non-hydrogen) atoms.